The number of ether oxygens (including phenoxy) is 2. The molecule has 1 aliphatic rings. The van der Waals surface area contributed by atoms with Crippen LogP contribution in [0.4, 0.5) is 0 Å². The van der Waals surface area contributed by atoms with Crippen LogP contribution in [0.25, 0.3) is 0 Å². The molecule has 0 radical (unpaired) electrons. The molecule has 2 N–H and O–H groups in total. The Morgan fingerprint density at radius 1 is 1.19 bits per heavy atom. The molecular formula is C9H11NO5S. The Balaban J connectivity index is 2.42. The maximum absolute atomic E-state index is 11.3. The summed E-state index contributed by atoms with van der Waals surface area (Å²) in [5.41, 5.74) is 0. The summed E-state index contributed by atoms with van der Waals surface area (Å²) in [6, 6.07) is 4.16. The van der Waals surface area contributed by atoms with Crippen LogP contribution in [0.2, 0.25) is 0 Å². The number of sulfonamides is 1. The summed E-state index contributed by atoms with van der Waals surface area (Å²) >= 11 is 0. The molecule has 0 saturated heterocycles. The van der Waals surface area contributed by atoms with E-state index in [1.54, 1.807) is 0 Å². The molecular weight excluding hydrogens is 234 g/mol. The van der Waals surface area contributed by atoms with Crippen LogP contribution >= 0.6 is 0 Å². The van der Waals surface area contributed by atoms with Gasteiger partial charge in [-0.15, -0.1) is 0 Å². The van der Waals surface area contributed by atoms with Crippen molar-refractivity contribution in [2.45, 2.75) is 11.3 Å². The molecule has 1 heterocycles. The summed E-state index contributed by atoms with van der Waals surface area (Å²) in [6.45, 7) is 1.01. The zero-order valence-electron chi connectivity index (χ0n) is 8.34. The molecule has 1 aromatic rings. The second-order valence-electron chi connectivity index (χ2n) is 3.25. The quantitative estimate of drug-likeness (QED) is 0.742. The predicted molar refractivity (Wildman–Crippen MR) is 54.2 cm³/mol. The minimum atomic E-state index is -3.87. The molecule has 0 unspecified atom stereocenters. The van der Waals surface area contributed by atoms with Crippen molar-refractivity contribution in [3.8, 4) is 11.5 Å². The van der Waals surface area contributed by atoms with Crippen LogP contribution in [0.15, 0.2) is 23.1 Å². The fourth-order valence-electron chi connectivity index (χ4n) is 1.36. The highest BCUT2D eigenvalue weighted by Gasteiger charge is 2.17. The summed E-state index contributed by atoms with van der Waals surface area (Å²) < 4.78 is 33.3. The molecule has 0 atom stereocenters. The molecule has 0 aromatic heterocycles. The fraction of sp³-hybridized carbons (Fsp3) is 0.333. The van der Waals surface area contributed by atoms with Crippen LogP contribution in [0.1, 0.15) is 6.42 Å². The lowest BCUT2D eigenvalue weighted by Gasteiger charge is -2.08. The lowest BCUT2D eigenvalue weighted by Crippen LogP contribution is -2.19. The third-order valence-corrected chi connectivity index (χ3v) is 3.26. The van der Waals surface area contributed by atoms with Crippen molar-refractivity contribution in [1.29, 1.82) is 0 Å². The van der Waals surface area contributed by atoms with Crippen molar-refractivity contribution in [2.24, 2.45) is 0 Å². The SMILES string of the molecule is O=S(=O)(NO)c1ccc2c(c1)OCCCO2. The molecule has 7 heteroatoms. The molecule has 0 spiro atoms. The number of hydrogen-bond acceptors (Lipinski definition) is 5. The van der Waals surface area contributed by atoms with Gasteiger partial charge < -0.3 is 14.7 Å². The molecule has 0 amide bonds. The molecule has 88 valence electrons. The van der Waals surface area contributed by atoms with Gasteiger partial charge in [0.2, 0.25) is 0 Å². The van der Waals surface area contributed by atoms with E-state index in [2.05, 4.69) is 0 Å². The Morgan fingerprint density at radius 3 is 2.56 bits per heavy atom. The van der Waals surface area contributed by atoms with Crippen molar-refractivity contribution in [3.63, 3.8) is 0 Å². The first-order chi connectivity index (χ1) is 7.63. The highest BCUT2D eigenvalue weighted by molar-refractivity contribution is 7.89. The van der Waals surface area contributed by atoms with E-state index in [9.17, 15) is 8.42 Å². The minimum absolute atomic E-state index is 0.0701. The lowest BCUT2D eigenvalue weighted by atomic mass is 10.3. The zero-order chi connectivity index (χ0) is 11.6. The molecule has 1 aliphatic heterocycles. The van der Waals surface area contributed by atoms with Crippen molar-refractivity contribution in [3.05, 3.63) is 18.2 Å². The smallest absolute Gasteiger partial charge is 0.262 e. The van der Waals surface area contributed by atoms with Crippen LogP contribution in [0.5, 0.6) is 11.5 Å². The second kappa shape index (κ2) is 4.28. The Morgan fingerprint density at radius 2 is 1.88 bits per heavy atom. The van der Waals surface area contributed by atoms with Gasteiger partial charge >= 0.3 is 0 Å². The average molecular weight is 245 g/mol. The standard InChI is InChI=1S/C9H11NO5S/c11-10-16(12,13)7-2-3-8-9(6-7)15-5-1-4-14-8/h2-3,6,10-11H,1,4-5H2. The van der Waals surface area contributed by atoms with E-state index >= 15 is 0 Å². The van der Waals surface area contributed by atoms with Gasteiger partial charge in [-0.25, -0.2) is 8.42 Å². The van der Waals surface area contributed by atoms with Crippen LogP contribution in [-0.2, 0) is 10.0 Å². The van der Waals surface area contributed by atoms with Gasteiger partial charge in [0.15, 0.2) is 11.5 Å². The number of hydrogen-bond donors (Lipinski definition) is 2. The second-order valence-corrected chi connectivity index (χ2v) is 4.91. The zero-order valence-corrected chi connectivity index (χ0v) is 9.16. The van der Waals surface area contributed by atoms with Crippen molar-refractivity contribution < 1.29 is 23.1 Å². The van der Waals surface area contributed by atoms with E-state index in [1.807, 2.05) is 0 Å². The van der Waals surface area contributed by atoms with Crippen LogP contribution in [0, 0.1) is 0 Å². The number of fused-ring (bicyclic) bond motifs is 1. The third-order valence-electron chi connectivity index (χ3n) is 2.15. The normalized spacial score (nSPS) is 15.6. The fourth-order valence-corrected chi connectivity index (χ4v) is 1.98. The number of benzene rings is 1. The molecule has 16 heavy (non-hydrogen) atoms. The summed E-state index contributed by atoms with van der Waals surface area (Å²) in [6.07, 6.45) is 0.745. The highest BCUT2D eigenvalue weighted by Crippen LogP contribution is 2.31. The van der Waals surface area contributed by atoms with Gasteiger partial charge in [0.25, 0.3) is 10.0 Å². The van der Waals surface area contributed by atoms with Crippen molar-refractivity contribution in [2.75, 3.05) is 13.2 Å². The Labute approximate surface area is 92.8 Å². The van der Waals surface area contributed by atoms with E-state index in [0.29, 0.717) is 24.7 Å². The van der Waals surface area contributed by atoms with Crippen LogP contribution in [-0.4, -0.2) is 26.8 Å². The molecule has 2 rings (SSSR count). The summed E-state index contributed by atoms with van der Waals surface area (Å²) in [5.74, 6) is 0.878. The first-order valence-corrected chi connectivity index (χ1v) is 6.17. The Kier molecular flexibility index (Phi) is 2.99. The molecule has 0 fully saturated rings. The third kappa shape index (κ3) is 2.11. The average Bonchev–Trinajstić information content (AvgIpc) is 2.53. The van der Waals surface area contributed by atoms with Gasteiger partial charge in [-0.05, 0) is 12.1 Å². The number of nitrogens with one attached hydrogen (secondary N) is 1. The van der Waals surface area contributed by atoms with Gasteiger partial charge in [0, 0.05) is 12.5 Å². The number of rotatable bonds is 2. The maximum Gasteiger partial charge on any atom is 0.262 e. The molecule has 6 nitrogen and oxygen atoms in total. The van der Waals surface area contributed by atoms with Crippen LogP contribution < -0.4 is 14.4 Å². The monoisotopic (exact) mass is 245 g/mol. The largest absolute Gasteiger partial charge is 0.490 e. The molecule has 0 saturated carbocycles. The molecule has 0 aliphatic carbocycles. The first kappa shape index (κ1) is 11.2. The van der Waals surface area contributed by atoms with Gasteiger partial charge in [-0.2, -0.15) is 0 Å². The first-order valence-electron chi connectivity index (χ1n) is 4.69. The predicted octanol–water partition coefficient (Wildman–Crippen LogP) is 0.515. The van der Waals surface area contributed by atoms with E-state index in [-0.39, 0.29) is 4.90 Å². The Bertz CT molecular complexity index is 485. The maximum atomic E-state index is 11.3. The van der Waals surface area contributed by atoms with Gasteiger partial charge in [0.05, 0.1) is 18.1 Å². The summed E-state index contributed by atoms with van der Waals surface area (Å²) in [5, 5.41) is 8.50. The molecule has 1 aromatic carbocycles. The van der Waals surface area contributed by atoms with E-state index in [0.717, 1.165) is 6.42 Å². The lowest BCUT2D eigenvalue weighted by molar-refractivity contribution is 0.242. The van der Waals surface area contributed by atoms with Gasteiger partial charge in [-0.3, -0.25) is 0 Å². The van der Waals surface area contributed by atoms with Gasteiger partial charge in [-0.1, -0.05) is 4.89 Å². The van der Waals surface area contributed by atoms with E-state index in [4.69, 9.17) is 14.7 Å². The molecule has 0 bridgehead atoms. The Hall–Kier alpha value is -1.31. The summed E-state index contributed by atoms with van der Waals surface area (Å²) in [7, 11) is -3.87. The van der Waals surface area contributed by atoms with E-state index < -0.39 is 10.0 Å². The van der Waals surface area contributed by atoms with Crippen molar-refractivity contribution in [1.82, 2.24) is 4.89 Å². The van der Waals surface area contributed by atoms with Gasteiger partial charge in [0.1, 0.15) is 0 Å². The van der Waals surface area contributed by atoms with Crippen LogP contribution in [0.3, 0.4) is 0 Å². The summed E-state index contributed by atoms with van der Waals surface area (Å²) in [4.78, 5) is 1.19. The minimum Gasteiger partial charge on any atom is -0.490 e. The topological polar surface area (TPSA) is 84.9 Å². The van der Waals surface area contributed by atoms with Crippen molar-refractivity contribution >= 4 is 10.0 Å². The highest BCUT2D eigenvalue weighted by atomic mass is 32.2. The van der Waals surface area contributed by atoms with E-state index in [1.165, 1.54) is 23.1 Å².